The molecule has 1 heterocycles. The predicted molar refractivity (Wildman–Crippen MR) is 60.5 cm³/mol. The van der Waals surface area contributed by atoms with Crippen molar-refractivity contribution >= 4 is 38.9 Å². The van der Waals surface area contributed by atoms with Crippen molar-refractivity contribution in [3.63, 3.8) is 0 Å². The SMILES string of the molecule is CCCCC(Br)c1ccc(Cl)s1. The van der Waals surface area contributed by atoms with E-state index in [1.54, 1.807) is 11.3 Å². The lowest BCUT2D eigenvalue weighted by Crippen LogP contribution is -1.84. The summed E-state index contributed by atoms with van der Waals surface area (Å²) in [4.78, 5) is 1.84. The molecule has 1 aromatic rings. The zero-order valence-corrected chi connectivity index (χ0v) is 10.2. The van der Waals surface area contributed by atoms with Crippen LogP contribution in [0.25, 0.3) is 0 Å². The minimum atomic E-state index is 0.495. The van der Waals surface area contributed by atoms with Crippen LogP contribution in [0, 0.1) is 0 Å². The van der Waals surface area contributed by atoms with Crippen molar-refractivity contribution in [2.24, 2.45) is 0 Å². The van der Waals surface area contributed by atoms with Gasteiger partial charge in [-0.25, -0.2) is 0 Å². The molecule has 0 N–H and O–H groups in total. The second-order valence-electron chi connectivity index (χ2n) is 2.75. The van der Waals surface area contributed by atoms with Gasteiger partial charge in [-0.3, -0.25) is 0 Å². The van der Waals surface area contributed by atoms with E-state index in [-0.39, 0.29) is 0 Å². The summed E-state index contributed by atoms with van der Waals surface area (Å²) in [6.45, 7) is 2.21. The van der Waals surface area contributed by atoms with Crippen LogP contribution < -0.4 is 0 Å². The molecule has 12 heavy (non-hydrogen) atoms. The standard InChI is InChI=1S/C9H12BrClS/c1-2-3-4-7(10)8-5-6-9(11)12-8/h5-7H,2-4H2,1H3. The Balaban J connectivity index is 2.47. The first-order valence-electron chi connectivity index (χ1n) is 4.13. The van der Waals surface area contributed by atoms with Gasteiger partial charge in [0.15, 0.2) is 0 Å². The number of unbranched alkanes of at least 4 members (excludes halogenated alkanes) is 1. The molecule has 0 saturated carbocycles. The van der Waals surface area contributed by atoms with Crippen molar-refractivity contribution in [3.8, 4) is 0 Å². The summed E-state index contributed by atoms with van der Waals surface area (Å²) in [6, 6.07) is 4.06. The molecule has 0 bridgehead atoms. The summed E-state index contributed by atoms with van der Waals surface area (Å²) < 4.78 is 0.881. The lowest BCUT2D eigenvalue weighted by molar-refractivity contribution is 0.718. The number of halogens is 2. The first kappa shape index (κ1) is 10.6. The Morgan fingerprint density at radius 1 is 1.58 bits per heavy atom. The predicted octanol–water partition coefficient (Wildman–Crippen LogP) is 5.03. The van der Waals surface area contributed by atoms with E-state index in [1.165, 1.54) is 24.1 Å². The van der Waals surface area contributed by atoms with E-state index in [4.69, 9.17) is 11.6 Å². The van der Waals surface area contributed by atoms with E-state index >= 15 is 0 Å². The van der Waals surface area contributed by atoms with Gasteiger partial charge < -0.3 is 0 Å². The molecule has 1 unspecified atom stereocenters. The monoisotopic (exact) mass is 266 g/mol. The smallest absolute Gasteiger partial charge is 0.0931 e. The minimum absolute atomic E-state index is 0.495. The van der Waals surface area contributed by atoms with E-state index in [2.05, 4.69) is 28.9 Å². The maximum Gasteiger partial charge on any atom is 0.0931 e. The zero-order valence-electron chi connectivity index (χ0n) is 7.02. The Morgan fingerprint density at radius 2 is 2.33 bits per heavy atom. The molecule has 0 aromatic carbocycles. The molecule has 68 valence electrons. The van der Waals surface area contributed by atoms with Crippen LogP contribution in [0.15, 0.2) is 12.1 Å². The number of thiophene rings is 1. The van der Waals surface area contributed by atoms with Gasteiger partial charge in [0.25, 0.3) is 0 Å². The average molecular weight is 268 g/mol. The van der Waals surface area contributed by atoms with Crippen molar-refractivity contribution in [3.05, 3.63) is 21.3 Å². The molecular formula is C9H12BrClS. The molecule has 1 atom stereocenters. The first-order valence-corrected chi connectivity index (χ1v) is 6.24. The number of hydrogen-bond acceptors (Lipinski definition) is 1. The Labute approximate surface area is 91.1 Å². The van der Waals surface area contributed by atoms with E-state index in [0.717, 1.165) is 4.34 Å². The van der Waals surface area contributed by atoms with Gasteiger partial charge in [-0.2, -0.15) is 0 Å². The molecule has 0 aliphatic heterocycles. The fourth-order valence-corrected chi connectivity index (χ4v) is 2.85. The Hall–Kier alpha value is 0.470. The van der Waals surface area contributed by atoms with Crippen molar-refractivity contribution in [1.82, 2.24) is 0 Å². The molecule has 0 saturated heterocycles. The topological polar surface area (TPSA) is 0 Å². The molecule has 1 aromatic heterocycles. The second kappa shape index (κ2) is 5.25. The number of hydrogen-bond donors (Lipinski definition) is 0. The molecule has 3 heteroatoms. The van der Waals surface area contributed by atoms with Crippen LogP contribution >= 0.6 is 38.9 Å². The highest BCUT2D eigenvalue weighted by molar-refractivity contribution is 9.09. The molecule has 0 amide bonds. The van der Waals surface area contributed by atoms with Gasteiger partial charge in [-0.05, 0) is 18.6 Å². The summed E-state index contributed by atoms with van der Waals surface area (Å²) in [5.74, 6) is 0. The van der Waals surface area contributed by atoms with Gasteiger partial charge in [-0.1, -0.05) is 47.3 Å². The van der Waals surface area contributed by atoms with Gasteiger partial charge in [0, 0.05) is 9.70 Å². The number of alkyl halides is 1. The highest BCUT2D eigenvalue weighted by Crippen LogP contribution is 2.35. The van der Waals surface area contributed by atoms with Crippen LogP contribution in [0.3, 0.4) is 0 Å². The minimum Gasteiger partial charge on any atom is -0.127 e. The van der Waals surface area contributed by atoms with Crippen molar-refractivity contribution < 1.29 is 0 Å². The molecule has 0 aliphatic rings. The van der Waals surface area contributed by atoms with Gasteiger partial charge in [-0.15, -0.1) is 11.3 Å². The summed E-state index contributed by atoms with van der Waals surface area (Å²) >= 11 is 11.2. The number of rotatable bonds is 4. The van der Waals surface area contributed by atoms with Crippen LogP contribution in [0.2, 0.25) is 4.34 Å². The highest BCUT2D eigenvalue weighted by atomic mass is 79.9. The Bertz CT molecular complexity index is 234. The maximum atomic E-state index is 5.84. The zero-order chi connectivity index (χ0) is 8.97. The van der Waals surface area contributed by atoms with E-state index in [9.17, 15) is 0 Å². The van der Waals surface area contributed by atoms with Crippen LogP contribution in [-0.2, 0) is 0 Å². The largest absolute Gasteiger partial charge is 0.127 e. The fourth-order valence-electron chi connectivity index (χ4n) is 1.02. The van der Waals surface area contributed by atoms with Crippen LogP contribution in [0.4, 0.5) is 0 Å². The third-order valence-corrected chi connectivity index (χ3v) is 4.31. The first-order chi connectivity index (χ1) is 5.74. The molecule has 0 radical (unpaired) electrons. The molecule has 0 aliphatic carbocycles. The molecule has 0 fully saturated rings. The molecule has 1 rings (SSSR count). The van der Waals surface area contributed by atoms with Gasteiger partial charge >= 0.3 is 0 Å². The van der Waals surface area contributed by atoms with Crippen molar-refractivity contribution in [1.29, 1.82) is 0 Å². The molecule has 0 nitrogen and oxygen atoms in total. The normalized spacial score (nSPS) is 13.2. The van der Waals surface area contributed by atoms with Gasteiger partial charge in [0.2, 0.25) is 0 Å². The third kappa shape index (κ3) is 3.08. The van der Waals surface area contributed by atoms with Crippen LogP contribution in [-0.4, -0.2) is 0 Å². The summed E-state index contributed by atoms with van der Waals surface area (Å²) in [7, 11) is 0. The Kier molecular flexibility index (Phi) is 4.62. The van der Waals surface area contributed by atoms with E-state index in [1.807, 2.05) is 6.07 Å². The average Bonchev–Trinajstić information content (AvgIpc) is 2.47. The highest BCUT2D eigenvalue weighted by Gasteiger charge is 2.08. The summed E-state index contributed by atoms with van der Waals surface area (Å²) in [6.07, 6.45) is 3.72. The fraction of sp³-hybridized carbons (Fsp3) is 0.556. The lowest BCUT2D eigenvalue weighted by atomic mass is 10.2. The van der Waals surface area contributed by atoms with E-state index in [0.29, 0.717) is 4.83 Å². The molecule has 0 spiro atoms. The second-order valence-corrected chi connectivity index (χ2v) is 5.60. The summed E-state index contributed by atoms with van der Waals surface area (Å²) in [5, 5.41) is 0. The third-order valence-electron chi connectivity index (χ3n) is 1.71. The van der Waals surface area contributed by atoms with Gasteiger partial charge in [0.05, 0.1) is 4.34 Å². The molecular weight excluding hydrogens is 256 g/mol. The maximum absolute atomic E-state index is 5.84. The van der Waals surface area contributed by atoms with Crippen LogP contribution in [0.1, 0.15) is 35.9 Å². The Morgan fingerprint density at radius 3 is 2.83 bits per heavy atom. The van der Waals surface area contributed by atoms with Crippen molar-refractivity contribution in [2.75, 3.05) is 0 Å². The van der Waals surface area contributed by atoms with Crippen LogP contribution in [0.5, 0.6) is 0 Å². The lowest BCUT2D eigenvalue weighted by Gasteiger charge is -2.04. The quantitative estimate of drug-likeness (QED) is 0.671. The van der Waals surface area contributed by atoms with Crippen molar-refractivity contribution in [2.45, 2.75) is 31.0 Å². The van der Waals surface area contributed by atoms with E-state index < -0.39 is 0 Å². The summed E-state index contributed by atoms with van der Waals surface area (Å²) in [5.41, 5.74) is 0. The van der Waals surface area contributed by atoms with Gasteiger partial charge in [0.1, 0.15) is 0 Å².